The number of aromatic amines is 1. The van der Waals surface area contributed by atoms with Crippen molar-refractivity contribution < 1.29 is 10.2 Å². The van der Waals surface area contributed by atoms with Crippen molar-refractivity contribution in [3.8, 4) is 5.75 Å². The van der Waals surface area contributed by atoms with Crippen molar-refractivity contribution >= 4 is 58.8 Å². The van der Waals surface area contributed by atoms with Crippen molar-refractivity contribution in [2.45, 2.75) is 38.5 Å². The maximum atomic E-state index is 11.7. The van der Waals surface area contributed by atoms with Gasteiger partial charge in [-0.05, 0) is 60.7 Å². The minimum atomic E-state index is -0.742. The fraction of sp³-hybridized carbons (Fsp3) is 0.308. The number of aromatic nitrogens is 2. The van der Waals surface area contributed by atoms with Gasteiger partial charge < -0.3 is 20.5 Å². The van der Waals surface area contributed by atoms with Gasteiger partial charge in [0.05, 0.1) is 4.70 Å². The number of aromatic hydroxyl groups is 1. The van der Waals surface area contributed by atoms with Crippen LogP contribution >= 0.6 is 48.6 Å². The number of rotatable bonds is 12. The van der Waals surface area contributed by atoms with Gasteiger partial charge >= 0.3 is 4.87 Å². The molecule has 202 valence electrons. The highest BCUT2D eigenvalue weighted by Crippen LogP contribution is 2.28. The van der Waals surface area contributed by atoms with E-state index < -0.39 is 6.23 Å². The standard InChI is InChI=1S/C26H30N4O3S.3ClH/c31-22-10-9-20(25-24(22)30-26(33)34-25)16-23(32)29-14-11-18-5-3-6-19(15-18)17-27-12-4-8-21-7-1-2-13-28-21;;;/h1-3,5-7,9-10,13,15,23,27,29,31-32H,4,8,11-12,14,16-17H2,(H,30,33);3*1H. The molecule has 0 spiro atoms. The van der Waals surface area contributed by atoms with Crippen LogP contribution in [0.2, 0.25) is 0 Å². The second-order valence-corrected chi connectivity index (χ2v) is 9.29. The van der Waals surface area contributed by atoms with E-state index >= 15 is 0 Å². The van der Waals surface area contributed by atoms with Crippen LogP contribution < -0.4 is 15.5 Å². The van der Waals surface area contributed by atoms with Crippen LogP contribution in [0.15, 0.2) is 65.6 Å². The summed E-state index contributed by atoms with van der Waals surface area (Å²) in [7, 11) is 0. The second-order valence-electron chi connectivity index (χ2n) is 8.31. The first-order chi connectivity index (χ1) is 16.6. The SMILES string of the molecule is Cl.Cl.Cl.O=c1[nH]c2c(O)ccc(CC(O)NCCc3cccc(CNCCCc4ccccn4)c3)c2s1. The Morgan fingerprint density at radius 1 is 0.973 bits per heavy atom. The van der Waals surface area contributed by atoms with Crippen LogP contribution in [0, 0.1) is 0 Å². The van der Waals surface area contributed by atoms with Crippen LogP contribution in [-0.4, -0.2) is 39.5 Å². The number of thiazole rings is 1. The summed E-state index contributed by atoms with van der Waals surface area (Å²) in [5.41, 5.74) is 4.84. The van der Waals surface area contributed by atoms with Crippen LogP contribution in [0.3, 0.4) is 0 Å². The Morgan fingerprint density at radius 2 is 1.78 bits per heavy atom. The highest BCUT2D eigenvalue weighted by atomic mass is 35.5. The van der Waals surface area contributed by atoms with Gasteiger partial charge in [-0.1, -0.05) is 47.7 Å². The average molecular weight is 588 g/mol. The second kappa shape index (κ2) is 16.6. The van der Waals surface area contributed by atoms with Crippen molar-refractivity contribution in [3.05, 3.63) is 92.8 Å². The number of phenols is 1. The van der Waals surface area contributed by atoms with E-state index in [2.05, 4.69) is 50.9 Å². The predicted octanol–water partition coefficient (Wildman–Crippen LogP) is 4.37. The third-order valence-corrected chi connectivity index (χ3v) is 6.64. The zero-order chi connectivity index (χ0) is 23.8. The number of hydrogen-bond donors (Lipinski definition) is 5. The van der Waals surface area contributed by atoms with Gasteiger partial charge in [-0.25, -0.2) is 0 Å². The molecule has 0 amide bonds. The number of halogens is 3. The molecule has 0 bridgehead atoms. The van der Waals surface area contributed by atoms with E-state index in [1.165, 1.54) is 11.1 Å². The van der Waals surface area contributed by atoms with Crippen molar-refractivity contribution in [2.75, 3.05) is 13.1 Å². The summed E-state index contributed by atoms with van der Waals surface area (Å²) in [5, 5.41) is 27.0. The highest BCUT2D eigenvalue weighted by Gasteiger charge is 2.13. The maximum absolute atomic E-state index is 11.7. The van der Waals surface area contributed by atoms with E-state index in [0.717, 1.165) is 54.9 Å². The first kappa shape index (κ1) is 32.9. The molecule has 11 heteroatoms. The van der Waals surface area contributed by atoms with Crippen LogP contribution in [0.1, 0.15) is 28.8 Å². The Labute approximate surface area is 239 Å². The first-order valence-electron chi connectivity index (χ1n) is 11.5. The Morgan fingerprint density at radius 3 is 2.57 bits per heavy atom. The lowest BCUT2D eigenvalue weighted by Gasteiger charge is -2.14. The van der Waals surface area contributed by atoms with E-state index in [1.807, 2.05) is 18.3 Å². The zero-order valence-electron chi connectivity index (χ0n) is 20.2. The summed E-state index contributed by atoms with van der Waals surface area (Å²) < 4.78 is 0.686. The molecule has 1 atom stereocenters. The Bertz CT molecular complexity index is 1270. The molecule has 5 N–H and O–H groups in total. The molecule has 1 unspecified atom stereocenters. The lowest BCUT2D eigenvalue weighted by Crippen LogP contribution is -2.32. The number of aliphatic hydroxyl groups is 1. The van der Waals surface area contributed by atoms with Gasteiger partial charge in [0.15, 0.2) is 0 Å². The fourth-order valence-electron chi connectivity index (χ4n) is 3.97. The van der Waals surface area contributed by atoms with Crippen LogP contribution in [0.25, 0.3) is 10.2 Å². The molecule has 0 saturated heterocycles. The lowest BCUT2D eigenvalue weighted by molar-refractivity contribution is 0.138. The molecule has 4 aromatic rings. The molecule has 0 fully saturated rings. The fourth-order valence-corrected chi connectivity index (χ4v) is 4.84. The average Bonchev–Trinajstić information content (AvgIpc) is 3.24. The summed E-state index contributed by atoms with van der Waals surface area (Å²) in [4.78, 5) is 18.4. The minimum Gasteiger partial charge on any atom is -0.506 e. The first-order valence-corrected chi connectivity index (χ1v) is 12.3. The molecule has 2 aromatic carbocycles. The van der Waals surface area contributed by atoms with Crippen molar-refractivity contribution in [3.63, 3.8) is 0 Å². The topological polar surface area (TPSA) is 110 Å². The van der Waals surface area contributed by atoms with E-state index in [9.17, 15) is 15.0 Å². The van der Waals surface area contributed by atoms with E-state index in [-0.39, 0.29) is 47.8 Å². The largest absolute Gasteiger partial charge is 0.506 e. The third-order valence-electron chi connectivity index (χ3n) is 5.68. The van der Waals surface area contributed by atoms with Gasteiger partial charge in [-0.2, -0.15) is 0 Å². The Kier molecular flexibility index (Phi) is 14.8. The molecule has 2 heterocycles. The minimum absolute atomic E-state index is 0. The quantitative estimate of drug-likeness (QED) is 0.124. The molecule has 0 saturated carbocycles. The molecular weight excluding hydrogens is 555 g/mol. The van der Waals surface area contributed by atoms with Gasteiger partial charge in [0.1, 0.15) is 17.5 Å². The molecule has 2 aromatic heterocycles. The van der Waals surface area contributed by atoms with Gasteiger partial charge in [0, 0.05) is 31.4 Å². The summed E-state index contributed by atoms with van der Waals surface area (Å²) in [5.74, 6) is 0.0436. The van der Waals surface area contributed by atoms with E-state index in [4.69, 9.17) is 0 Å². The summed E-state index contributed by atoms with van der Waals surface area (Å²) in [6.07, 6.45) is 4.26. The molecule has 0 aliphatic carbocycles. The van der Waals surface area contributed by atoms with Crippen molar-refractivity contribution in [2.24, 2.45) is 0 Å². The van der Waals surface area contributed by atoms with Gasteiger partial charge in [0.2, 0.25) is 0 Å². The molecule has 0 aliphatic rings. The van der Waals surface area contributed by atoms with Gasteiger partial charge in [0.25, 0.3) is 0 Å². The number of pyridine rings is 1. The number of fused-ring (bicyclic) bond motifs is 1. The number of aryl methyl sites for hydroxylation is 1. The normalized spacial score (nSPS) is 11.3. The smallest absolute Gasteiger partial charge is 0.305 e. The van der Waals surface area contributed by atoms with E-state index in [0.29, 0.717) is 23.2 Å². The number of aliphatic hydroxyl groups excluding tert-OH is 1. The summed E-state index contributed by atoms with van der Waals surface area (Å²) in [6, 6.07) is 17.8. The number of H-pyrrole nitrogens is 1. The lowest BCUT2D eigenvalue weighted by atomic mass is 10.1. The predicted molar refractivity (Wildman–Crippen MR) is 158 cm³/mol. The number of nitrogens with one attached hydrogen (secondary N) is 3. The molecule has 0 aliphatic heterocycles. The molecule has 37 heavy (non-hydrogen) atoms. The molecular formula is C26H33Cl3N4O3S. The monoisotopic (exact) mass is 586 g/mol. The van der Waals surface area contributed by atoms with Gasteiger partial charge in [-0.15, -0.1) is 37.2 Å². The summed E-state index contributed by atoms with van der Waals surface area (Å²) in [6.45, 7) is 2.39. The maximum Gasteiger partial charge on any atom is 0.305 e. The molecule has 4 rings (SSSR count). The molecule has 0 radical (unpaired) electrons. The third kappa shape index (κ3) is 9.90. The van der Waals surface area contributed by atoms with Crippen LogP contribution in [0.5, 0.6) is 5.75 Å². The van der Waals surface area contributed by atoms with Crippen LogP contribution in [-0.2, 0) is 25.8 Å². The molecule has 7 nitrogen and oxygen atoms in total. The van der Waals surface area contributed by atoms with E-state index in [1.54, 1.807) is 12.1 Å². The summed E-state index contributed by atoms with van der Waals surface area (Å²) >= 11 is 1.05. The van der Waals surface area contributed by atoms with Crippen LogP contribution in [0.4, 0.5) is 0 Å². The zero-order valence-corrected chi connectivity index (χ0v) is 23.4. The Balaban J connectivity index is 0.00000228. The highest BCUT2D eigenvalue weighted by molar-refractivity contribution is 7.16. The Hall–Kier alpha value is -2.17. The van der Waals surface area contributed by atoms with Crippen molar-refractivity contribution in [1.29, 1.82) is 0 Å². The van der Waals surface area contributed by atoms with Gasteiger partial charge in [-0.3, -0.25) is 15.1 Å². The van der Waals surface area contributed by atoms with Crippen molar-refractivity contribution in [1.82, 2.24) is 20.6 Å². The number of nitrogens with zero attached hydrogens (tertiary/aromatic N) is 1. The number of hydrogen-bond acceptors (Lipinski definition) is 7. The number of benzene rings is 2. The number of phenolic OH excluding ortho intramolecular Hbond substituents is 1.